The number of carbonyl (C=O) groups excluding carboxylic acids is 2. The number of amides is 2. The molecular formula is C16H21N3O2. The van der Waals surface area contributed by atoms with Crippen LogP contribution in [-0.2, 0) is 9.59 Å². The second-order valence-electron chi connectivity index (χ2n) is 5.87. The fraction of sp³-hybridized carbons (Fsp3) is 0.500. The molecule has 0 spiro atoms. The number of nitrogens with zero attached hydrogens (tertiary/aromatic N) is 1. The van der Waals surface area contributed by atoms with Gasteiger partial charge in [-0.3, -0.25) is 9.59 Å². The van der Waals surface area contributed by atoms with E-state index in [1.807, 2.05) is 30.3 Å². The molecule has 112 valence electrons. The van der Waals surface area contributed by atoms with Crippen LogP contribution >= 0.6 is 0 Å². The lowest BCUT2D eigenvalue weighted by Crippen LogP contribution is -2.48. The van der Waals surface area contributed by atoms with Gasteiger partial charge in [0.2, 0.25) is 5.91 Å². The monoisotopic (exact) mass is 287 g/mol. The summed E-state index contributed by atoms with van der Waals surface area (Å²) >= 11 is 0. The van der Waals surface area contributed by atoms with Crippen LogP contribution < -0.4 is 11.1 Å². The second-order valence-corrected chi connectivity index (χ2v) is 5.87. The van der Waals surface area contributed by atoms with Crippen LogP contribution in [0.4, 0.5) is 0 Å². The number of carbonyl (C=O) groups is 2. The van der Waals surface area contributed by atoms with Crippen molar-refractivity contribution in [2.75, 3.05) is 6.54 Å². The van der Waals surface area contributed by atoms with Crippen molar-refractivity contribution in [1.82, 2.24) is 10.2 Å². The Morgan fingerprint density at radius 2 is 1.90 bits per heavy atom. The van der Waals surface area contributed by atoms with Gasteiger partial charge in [0, 0.05) is 12.5 Å². The first-order valence-corrected chi connectivity index (χ1v) is 7.58. The van der Waals surface area contributed by atoms with Crippen LogP contribution in [0.15, 0.2) is 30.3 Å². The van der Waals surface area contributed by atoms with Crippen LogP contribution in [0.5, 0.6) is 0 Å². The van der Waals surface area contributed by atoms with E-state index in [2.05, 4.69) is 5.32 Å². The molecule has 0 radical (unpaired) electrons. The molecular weight excluding hydrogens is 266 g/mol. The maximum Gasteiger partial charge on any atom is 0.251 e. The Morgan fingerprint density at radius 1 is 1.19 bits per heavy atom. The average molecular weight is 287 g/mol. The van der Waals surface area contributed by atoms with Crippen molar-refractivity contribution in [2.45, 2.75) is 37.9 Å². The summed E-state index contributed by atoms with van der Waals surface area (Å²) in [6.45, 7) is 0.669. The summed E-state index contributed by atoms with van der Waals surface area (Å²) in [4.78, 5) is 26.5. The number of likely N-dealkylation sites (tertiary alicyclic amines) is 1. The highest BCUT2D eigenvalue weighted by molar-refractivity contribution is 5.90. The summed E-state index contributed by atoms with van der Waals surface area (Å²) < 4.78 is 0. The maximum absolute atomic E-state index is 12.8. The number of benzene rings is 1. The first kappa shape index (κ1) is 14.1. The SMILES string of the molecule is N[C@H]1CCCN1C(=O)[C@@H](NC(=O)C1CC1)c1ccccc1. The van der Waals surface area contributed by atoms with Gasteiger partial charge in [0.15, 0.2) is 0 Å². The van der Waals surface area contributed by atoms with Crippen LogP contribution in [0.3, 0.4) is 0 Å². The van der Waals surface area contributed by atoms with E-state index in [-0.39, 0.29) is 23.9 Å². The van der Waals surface area contributed by atoms with Crippen molar-refractivity contribution < 1.29 is 9.59 Å². The first-order chi connectivity index (χ1) is 10.2. The number of nitrogens with one attached hydrogen (secondary N) is 1. The van der Waals surface area contributed by atoms with Crippen molar-refractivity contribution in [3.63, 3.8) is 0 Å². The Morgan fingerprint density at radius 3 is 2.48 bits per heavy atom. The van der Waals surface area contributed by atoms with E-state index in [1.54, 1.807) is 4.90 Å². The molecule has 0 aromatic heterocycles. The predicted molar refractivity (Wildman–Crippen MR) is 79.0 cm³/mol. The predicted octanol–water partition coefficient (Wildman–Crippen LogP) is 1.16. The normalized spacial score (nSPS) is 22.9. The zero-order valence-electron chi connectivity index (χ0n) is 12.0. The summed E-state index contributed by atoms with van der Waals surface area (Å²) in [6.07, 6.45) is 3.35. The molecule has 2 aliphatic rings. The topological polar surface area (TPSA) is 75.4 Å². The minimum Gasteiger partial charge on any atom is -0.340 e. The Hall–Kier alpha value is -1.88. The Bertz CT molecular complexity index is 528. The second kappa shape index (κ2) is 5.85. The lowest BCUT2D eigenvalue weighted by Gasteiger charge is -2.27. The van der Waals surface area contributed by atoms with E-state index in [9.17, 15) is 9.59 Å². The van der Waals surface area contributed by atoms with E-state index in [1.165, 1.54) is 0 Å². The summed E-state index contributed by atoms with van der Waals surface area (Å²) in [5.74, 6) is -0.0403. The summed E-state index contributed by atoms with van der Waals surface area (Å²) in [7, 11) is 0. The lowest BCUT2D eigenvalue weighted by molar-refractivity contribution is -0.137. The largest absolute Gasteiger partial charge is 0.340 e. The maximum atomic E-state index is 12.8. The molecule has 1 aliphatic heterocycles. The van der Waals surface area contributed by atoms with Crippen LogP contribution in [-0.4, -0.2) is 29.4 Å². The zero-order chi connectivity index (χ0) is 14.8. The summed E-state index contributed by atoms with van der Waals surface area (Å²) in [5, 5.41) is 2.91. The third-order valence-electron chi connectivity index (χ3n) is 4.20. The third kappa shape index (κ3) is 3.08. The molecule has 5 nitrogen and oxygen atoms in total. The van der Waals surface area contributed by atoms with Gasteiger partial charge in [-0.1, -0.05) is 30.3 Å². The molecule has 1 saturated carbocycles. The highest BCUT2D eigenvalue weighted by atomic mass is 16.2. The molecule has 1 saturated heterocycles. The average Bonchev–Trinajstić information content (AvgIpc) is 3.27. The Kier molecular flexibility index (Phi) is 3.92. The smallest absolute Gasteiger partial charge is 0.251 e. The van der Waals surface area contributed by atoms with Gasteiger partial charge in [-0.15, -0.1) is 0 Å². The van der Waals surface area contributed by atoms with Crippen LogP contribution in [0.1, 0.15) is 37.3 Å². The molecule has 3 N–H and O–H groups in total. The van der Waals surface area contributed by atoms with Crippen molar-refractivity contribution in [1.29, 1.82) is 0 Å². The molecule has 1 aliphatic carbocycles. The quantitative estimate of drug-likeness (QED) is 0.872. The summed E-state index contributed by atoms with van der Waals surface area (Å²) in [5.41, 5.74) is 6.81. The highest BCUT2D eigenvalue weighted by Gasteiger charge is 2.36. The van der Waals surface area contributed by atoms with Gasteiger partial charge in [0.25, 0.3) is 5.91 Å². The third-order valence-corrected chi connectivity index (χ3v) is 4.20. The van der Waals surface area contributed by atoms with E-state index in [4.69, 9.17) is 5.73 Å². The van der Waals surface area contributed by atoms with Gasteiger partial charge >= 0.3 is 0 Å². The molecule has 3 rings (SSSR count). The molecule has 21 heavy (non-hydrogen) atoms. The minimum atomic E-state index is -0.622. The van der Waals surface area contributed by atoms with E-state index in [0.29, 0.717) is 6.54 Å². The zero-order valence-corrected chi connectivity index (χ0v) is 12.0. The van der Waals surface area contributed by atoms with Crippen LogP contribution in [0.25, 0.3) is 0 Å². The molecule has 2 fully saturated rings. The molecule has 1 aromatic carbocycles. The molecule has 0 unspecified atom stereocenters. The van der Waals surface area contributed by atoms with Gasteiger partial charge in [-0.05, 0) is 31.2 Å². The van der Waals surface area contributed by atoms with Gasteiger partial charge in [-0.2, -0.15) is 0 Å². The van der Waals surface area contributed by atoms with Crippen LogP contribution in [0, 0.1) is 5.92 Å². The van der Waals surface area contributed by atoms with Crippen molar-refractivity contribution >= 4 is 11.8 Å². The number of nitrogens with two attached hydrogens (primary N) is 1. The van der Waals surface area contributed by atoms with E-state index < -0.39 is 6.04 Å². The molecule has 1 aromatic rings. The van der Waals surface area contributed by atoms with Crippen molar-refractivity contribution in [3.8, 4) is 0 Å². The van der Waals surface area contributed by atoms with E-state index in [0.717, 1.165) is 31.2 Å². The Labute approximate surface area is 124 Å². The number of hydrogen-bond acceptors (Lipinski definition) is 3. The lowest BCUT2D eigenvalue weighted by atomic mass is 10.1. The van der Waals surface area contributed by atoms with Crippen LogP contribution in [0.2, 0.25) is 0 Å². The molecule has 1 heterocycles. The first-order valence-electron chi connectivity index (χ1n) is 7.58. The van der Waals surface area contributed by atoms with Crippen molar-refractivity contribution in [2.24, 2.45) is 11.7 Å². The standard InChI is InChI=1S/C16H21N3O2/c17-13-7-4-10-19(13)16(21)14(11-5-2-1-3-6-11)18-15(20)12-8-9-12/h1-3,5-6,12-14H,4,7-10,17H2,(H,18,20)/t13-,14+/m1/s1. The Balaban J connectivity index is 1.80. The van der Waals surface area contributed by atoms with Gasteiger partial charge in [-0.25, -0.2) is 0 Å². The fourth-order valence-corrected chi connectivity index (χ4v) is 2.77. The summed E-state index contributed by atoms with van der Waals surface area (Å²) in [6, 6.07) is 8.78. The van der Waals surface area contributed by atoms with Gasteiger partial charge in [0.1, 0.15) is 6.04 Å². The van der Waals surface area contributed by atoms with Crippen molar-refractivity contribution in [3.05, 3.63) is 35.9 Å². The molecule has 2 amide bonds. The molecule has 5 heteroatoms. The van der Waals surface area contributed by atoms with Gasteiger partial charge < -0.3 is 16.0 Å². The highest BCUT2D eigenvalue weighted by Crippen LogP contribution is 2.30. The number of rotatable bonds is 4. The van der Waals surface area contributed by atoms with Gasteiger partial charge in [0.05, 0.1) is 6.17 Å². The fourth-order valence-electron chi connectivity index (χ4n) is 2.77. The van der Waals surface area contributed by atoms with E-state index >= 15 is 0 Å². The minimum absolute atomic E-state index is 0.0232. The molecule has 0 bridgehead atoms. The number of hydrogen-bond donors (Lipinski definition) is 2. The molecule has 2 atom stereocenters.